The summed E-state index contributed by atoms with van der Waals surface area (Å²) in [5, 5.41) is 3.71. The van der Waals surface area contributed by atoms with E-state index in [0.717, 1.165) is 6.54 Å². The van der Waals surface area contributed by atoms with E-state index in [2.05, 4.69) is 50.4 Å². The molecule has 2 rings (SSSR count). The Balaban J connectivity index is 1.99. The minimum Gasteiger partial charge on any atom is -0.326 e. The Morgan fingerprint density at radius 1 is 1.21 bits per heavy atom. The number of hydrogen-bond acceptors (Lipinski definition) is 2. The molecule has 1 fully saturated rings. The maximum Gasteiger partial charge on any atom is 0.0219 e. The lowest BCUT2D eigenvalue weighted by molar-refractivity contribution is 0.305. The van der Waals surface area contributed by atoms with Gasteiger partial charge in [-0.25, -0.2) is 0 Å². The first-order valence-electron chi connectivity index (χ1n) is 7.56. The van der Waals surface area contributed by atoms with Gasteiger partial charge in [-0.05, 0) is 30.9 Å². The Morgan fingerprint density at radius 2 is 1.89 bits per heavy atom. The Hall–Kier alpha value is -0.860. The van der Waals surface area contributed by atoms with E-state index in [0.29, 0.717) is 12.1 Å². The van der Waals surface area contributed by atoms with E-state index >= 15 is 0 Å². The van der Waals surface area contributed by atoms with Gasteiger partial charge in [0.05, 0.1) is 0 Å². The van der Waals surface area contributed by atoms with Crippen LogP contribution in [0.15, 0.2) is 24.3 Å². The molecule has 19 heavy (non-hydrogen) atoms. The molecule has 3 N–H and O–H groups in total. The van der Waals surface area contributed by atoms with E-state index in [-0.39, 0.29) is 5.41 Å². The smallest absolute Gasteiger partial charge is 0.0219 e. The molecule has 0 aromatic heterocycles. The van der Waals surface area contributed by atoms with Crippen LogP contribution in [0.1, 0.15) is 50.7 Å². The summed E-state index contributed by atoms with van der Waals surface area (Å²) in [6, 6.07) is 9.52. The zero-order valence-corrected chi connectivity index (χ0v) is 12.6. The van der Waals surface area contributed by atoms with Crippen LogP contribution < -0.4 is 11.1 Å². The highest BCUT2D eigenvalue weighted by atomic mass is 15.0. The monoisotopic (exact) mass is 260 g/mol. The number of aryl methyl sites for hydroxylation is 1. The second kappa shape index (κ2) is 6.06. The highest BCUT2D eigenvalue weighted by molar-refractivity contribution is 5.32. The molecule has 0 heterocycles. The van der Waals surface area contributed by atoms with Crippen LogP contribution in [-0.4, -0.2) is 18.6 Å². The summed E-state index contributed by atoms with van der Waals surface area (Å²) >= 11 is 0. The third-order valence-corrected chi connectivity index (χ3v) is 4.50. The van der Waals surface area contributed by atoms with Crippen molar-refractivity contribution in [3.8, 4) is 0 Å². The molecule has 1 saturated carbocycles. The summed E-state index contributed by atoms with van der Waals surface area (Å²) in [6.45, 7) is 7.83. The molecule has 0 spiro atoms. The van der Waals surface area contributed by atoms with E-state index in [1.54, 1.807) is 0 Å². The summed E-state index contributed by atoms with van der Waals surface area (Å²) in [5.41, 5.74) is 9.18. The summed E-state index contributed by atoms with van der Waals surface area (Å²) in [7, 11) is 0. The second-order valence-corrected chi connectivity index (χ2v) is 6.63. The minimum absolute atomic E-state index is 0.155. The normalized spacial score (nSPS) is 24.4. The molecule has 1 aliphatic carbocycles. The summed E-state index contributed by atoms with van der Waals surface area (Å²) in [5.74, 6) is 0. The molecule has 106 valence electrons. The van der Waals surface area contributed by atoms with Gasteiger partial charge < -0.3 is 11.1 Å². The Bertz CT molecular complexity index is 411. The van der Waals surface area contributed by atoms with Gasteiger partial charge in [0, 0.05) is 24.0 Å². The van der Waals surface area contributed by atoms with Gasteiger partial charge in [-0.2, -0.15) is 0 Å². The molecule has 2 nitrogen and oxygen atoms in total. The third-order valence-electron chi connectivity index (χ3n) is 4.50. The fourth-order valence-corrected chi connectivity index (χ4v) is 3.23. The minimum atomic E-state index is 0.155. The first-order chi connectivity index (χ1) is 9.00. The van der Waals surface area contributed by atoms with Crippen LogP contribution in [0, 0.1) is 6.92 Å². The van der Waals surface area contributed by atoms with Crippen LogP contribution in [0.2, 0.25) is 0 Å². The maximum atomic E-state index is 6.21. The summed E-state index contributed by atoms with van der Waals surface area (Å²) in [4.78, 5) is 0. The predicted molar refractivity (Wildman–Crippen MR) is 82.4 cm³/mol. The highest BCUT2D eigenvalue weighted by Gasteiger charge is 2.26. The van der Waals surface area contributed by atoms with Gasteiger partial charge >= 0.3 is 0 Å². The number of rotatable bonds is 4. The number of nitrogens with one attached hydrogen (secondary N) is 1. The molecular formula is C17H28N2. The molecule has 0 amide bonds. The second-order valence-electron chi connectivity index (χ2n) is 6.63. The van der Waals surface area contributed by atoms with E-state index < -0.39 is 0 Å². The molecular weight excluding hydrogens is 232 g/mol. The van der Waals surface area contributed by atoms with E-state index in [9.17, 15) is 0 Å². The molecule has 0 saturated heterocycles. The molecule has 2 unspecified atom stereocenters. The zero-order valence-electron chi connectivity index (χ0n) is 12.6. The van der Waals surface area contributed by atoms with Crippen molar-refractivity contribution >= 4 is 0 Å². The predicted octanol–water partition coefficient (Wildman–Crippen LogP) is 3.13. The lowest BCUT2D eigenvalue weighted by Gasteiger charge is -2.34. The van der Waals surface area contributed by atoms with E-state index in [4.69, 9.17) is 5.73 Å². The fraction of sp³-hybridized carbons (Fsp3) is 0.647. The molecule has 0 bridgehead atoms. The summed E-state index contributed by atoms with van der Waals surface area (Å²) < 4.78 is 0. The van der Waals surface area contributed by atoms with Crippen LogP contribution in [-0.2, 0) is 5.41 Å². The van der Waals surface area contributed by atoms with Gasteiger partial charge in [0.2, 0.25) is 0 Å². The van der Waals surface area contributed by atoms with Crippen LogP contribution in [0.3, 0.4) is 0 Å². The van der Waals surface area contributed by atoms with Gasteiger partial charge in [-0.3, -0.25) is 0 Å². The van der Waals surface area contributed by atoms with Gasteiger partial charge in [-0.1, -0.05) is 51.0 Å². The highest BCUT2D eigenvalue weighted by Crippen LogP contribution is 2.26. The summed E-state index contributed by atoms with van der Waals surface area (Å²) in [6.07, 6.45) is 5.00. The van der Waals surface area contributed by atoms with Crippen LogP contribution in [0.5, 0.6) is 0 Å². The molecule has 1 aromatic carbocycles. The zero-order chi connectivity index (χ0) is 13.9. The SMILES string of the molecule is Cc1ccccc1C(C)(C)CNC1CCCCC1N. The Morgan fingerprint density at radius 3 is 2.58 bits per heavy atom. The molecule has 0 aliphatic heterocycles. The van der Waals surface area contributed by atoms with Crippen molar-refractivity contribution in [2.45, 2.75) is 64.0 Å². The first kappa shape index (κ1) is 14.5. The molecule has 1 aromatic rings. The van der Waals surface area contributed by atoms with Crippen LogP contribution in [0.4, 0.5) is 0 Å². The lowest BCUT2D eigenvalue weighted by atomic mass is 9.81. The van der Waals surface area contributed by atoms with Gasteiger partial charge in [-0.15, -0.1) is 0 Å². The van der Waals surface area contributed by atoms with Crippen LogP contribution in [0.25, 0.3) is 0 Å². The van der Waals surface area contributed by atoms with Crippen molar-refractivity contribution in [1.82, 2.24) is 5.32 Å². The standard InChI is InChI=1S/C17H28N2/c1-13-8-4-5-9-14(13)17(2,3)12-19-16-11-7-6-10-15(16)18/h4-5,8-9,15-16,19H,6-7,10-12,18H2,1-3H3. The molecule has 2 atom stereocenters. The third kappa shape index (κ3) is 3.58. The van der Waals surface area contributed by atoms with Gasteiger partial charge in [0.25, 0.3) is 0 Å². The van der Waals surface area contributed by atoms with Crippen molar-refractivity contribution in [2.24, 2.45) is 5.73 Å². The van der Waals surface area contributed by atoms with Gasteiger partial charge in [0.15, 0.2) is 0 Å². The number of hydrogen-bond donors (Lipinski definition) is 2. The number of nitrogens with two attached hydrogens (primary N) is 1. The van der Waals surface area contributed by atoms with Crippen molar-refractivity contribution in [1.29, 1.82) is 0 Å². The topological polar surface area (TPSA) is 38.0 Å². The average molecular weight is 260 g/mol. The fourth-order valence-electron chi connectivity index (χ4n) is 3.23. The van der Waals surface area contributed by atoms with Crippen molar-refractivity contribution < 1.29 is 0 Å². The largest absolute Gasteiger partial charge is 0.326 e. The maximum absolute atomic E-state index is 6.21. The van der Waals surface area contributed by atoms with Crippen molar-refractivity contribution in [3.05, 3.63) is 35.4 Å². The van der Waals surface area contributed by atoms with Gasteiger partial charge in [0.1, 0.15) is 0 Å². The Labute approximate surface area is 117 Å². The molecule has 0 radical (unpaired) electrons. The quantitative estimate of drug-likeness (QED) is 0.873. The first-order valence-corrected chi connectivity index (χ1v) is 7.56. The van der Waals surface area contributed by atoms with E-state index in [1.165, 1.54) is 36.8 Å². The van der Waals surface area contributed by atoms with E-state index in [1.807, 2.05) is 0 Å². The van der Waals surface area contributed by atoms with Crippen LogP contribution >= 0.6 is 0 Å². The Kier molecular flexibility index (Phi) is 4.64. The molecule has 1 aliphatic rings. The number of benzene rings is 1. The molecule has 2 heteroatoms. The van der Waals surface area contributed by atoms with Crippen molar-refractivity contribution in [3.63, 3.8) is 0 Å². The lowest BCUT2D eigenvalue weighted by Crippen LogP contribution is -2.50. The average Bonchev–Trinajstić information content (AvgIpc) is 2.38. The van der Waals surface area contributed by atoms with Crippen molar-refractivity contribution in [2.75, 3.05) is 6.54 Å².